The van der Waals surface area contributed by atoms with E-state index in [4.69, 9.17) is 28.0 Å². The molecule has 0 aromatic heterocycles. The van der Waals surface area contributed by atoms with Crippen molar-refractivity contribution in [3.63, 3.8) is 0 Å². The molecule has 2 aromatic carbocycles. The van der Waals surface area contributed by atoms with Gasteiger partial charge in [-0.15, -0.1) is 0 Å². The van der Waals surface area contributed by atoms with E-state index in [0.717, 1.165) is 17.7 Å². The van der Waals surface area contributed by atoms with Crippen molar-refractivity contribution in [1.82, 2.24) is 5.32 Å². The first-order valence-electron chi connectivity index (χ1n) is 11.9. The highest BCUT2D eigenvalue weighted by Gasteiger charge is 2.58. The summed E-state index contributed by atoms with van der Waals surface area (Å²) in [4.78, 5) is 18.4. The zero-order chi connectivity index (χ0) is 27.2. The summed E-state index contributed by atoms with van der Waals surface area (Å²) in [5.41, 5.74) is 0.0883. The summed E-state index contributed by atoms with van der Waals surface area (Å²) in [5.74, 6) is -4.32. The molecule has 13 heteroatoms. The Morgan fingerprint density at radius 1 is 1.16 bits per heavy atom. The Bertz CT molecular complexity index is 1510. The molecule has 6 rings (SSSR count). The van der Waals surface area contributed by atoms with Gasteiger partial charge in [-0.05, 0) is 42.2 Å². The van der Waals surface area contributed by atoms with Gasteiger partial charge in [-0.25, -0.2) is 12.8 Å². The lowest BCUT2D eigenvalue weighted by Crippen LogP contribution is -2.63. The van der Waals surface area contributed by atoms with Crippen LogP contribution >= 0.6 is 23.2 Å². The molecule has 4 aliphatic rings. The lowest BCUT2D eigenvalue weighted by molar-refractivity contribution is -0.178. The van der Waals surface area contributed by atoms with Gasteiger partial charge < -0.3 is 10.2 Å². The summed E-state index contributed by atoms with van der Waals surface area (Å²) in [6.45, 7) is 0.934. The number of halogens is 6. The minimum Gasteiger partial charge on any atom is -0.386 e. The van der Waals surface area contributed by atoms with Crippen molar-refractivity contribution in [2.24, 2.45) is 17.0 Å². The number of fused-ring (bicyclic) bond motifs is 2. The quantitative estimate of drug-likeness (QED) is 0.417. The summed E-state index contributed by atoms with van der Waals surface area (Å²) in [7, 11) is -3.45. The minimum atomic E-state index is -4.85. The highest BCUT2D eigenvalue weighted by atomic mass is 35.5. The van der Waals surface area contributed by atoms with Gasteiger partial charge in [0.1, 0.15) is 22.7 Å². The van der Waals surface area contributed by atoms with E-state index in [1.54, 1.807) is 12.1 Å². The molecule has 38 heavy (non-hydrogen) atoms. The first kappa shape index (κ1) is 26.0. The second-order valence-electron chi connectivity index (χ2n) is 10.2. The van der Waals surface area contributed by atoms with Crippen molar-refractivity contribution in [3.05, 3.63) is 68.4 Å². The molecule has 2 saturated heterocycles. The number of carbonyl (C=O) groups is 1. The number of nitrogens with one attached hydrogen (secondary N) is 1. The van der Waals surface area contributed by atoms with Crippen LogP contribution in [0.25, 0.3) is 0 Å². The van der Waals surface area contributed by atoms with Gasteiger partial charge in [0.05, 0.1) is 10.8 Å². The van der Waals surface area contributed by atoms with Crippen molar-refractivity contribution >= 4 is 44.5 Å². The fraction of sp³-hybridized carbons (Fsp3) is 0.440. The maximum atomic E-state index is 14.7. The molecule has 1 N–H and O–H groups in total. The van der Waals surface area contributed by atoms with Crippen LogP contribution in [0, 0.1) is 17.7 Å². The van der Waals surface area contributed by atoms with Crippen molar-refractivity contribution in [1.29, 1.82) is 0 Å². The van der Waals surface area contributed by atoms with Gasteiger partial charge in [0, 0.05) is 40.6 Å². The number of hydrogen-bond donors (Lipinski definition) is 1. The van der Waals surface area contributed by atoms with E-state index in [-0.39, 0.29) is 35.0 Å². The monoisotopic (exact) mass is 590 g/mol. The van der Waals surface area contributed by atoms with Gasteiger partial charge in [-0.2, -0.15) is 13.2 Å². The minimum absolute atomic E-state index is 0.0171. The molecule has 6 nitrogen and oxygen atoms in total. The first-order valence-corrected chi connectivity index (χ1v) is 14.4. The van der Waals surface area contributed by atoms with E-state index in [1.165, 1.54) is 6.07 Å². The second kappa shape index (κ2) is 8.64. The maximum absolute atomic E-state index is 14.7. The van der Waals surface area contributed by atoms with Crippen molar-refractivity contribution in [3.8, 4) is 0 Å². The molecule has 3 heterocycles. The predicted octanol–water partition coefficient (Wildman–Crippen LogP) is 4.56. The third-order valence-electron chi connectivity index (χ3n) is 8.21. The van der Waals surface area contributed by atoms with Gasteiger partial charge in [0.15, 0.2) is 21.7 Å². The number of ketones is 1. The van der Waals surface area contributed by atoms with Crippen LogP contribution in [0.3, 0.4) is 0 Å². The lowest BCUT2D eigenvalue weighted by atomic mass is 9.68. The van der Waals surface area contributed by atoms with Gasteiger partial charge in [-0.3, -0.25) is 4.79 Å². The molecule has 0 bridgehead atoms. The number of nitrogens with zero attached hydrogens (tertiary/aromatic N) is 1. The number of Topliss-reactive ketones (excluding diaryl/α,β-unsaturated/α-hetero) is 1. The van der Waals surface area contributed by atoms with Crippen molar-refractivity contribution in [2.75, 3.05) is 18.8 Å². The predicted molar refractivity (Wildman–Crippen MR) is 132 cm³/mol. The van der Waals surface area contributed by atoms with Gasteiger partial charge >= 0.3 is 6.18 Å². The average Bonchev–Trinajstić information content (AvgIpc) is 3.40. The van der Waals surface area contributed by atoms with Gasteiger partial charge in [-0.1, -0.05) is 40.5 Å². The Balaban J connectivity index is 1.36. The molecule has 202 valence electrons. The van der Waals surface area contributed by atoms with E-state index in [1.807, 2.05) is 0 Å². The Kier molecular flexibility index (Phi) is 5.92. The largest absolute Gasteiger partial charge is 0.401 e. The number of alkyl halides is 3. The zero-order valence-corrected chi connectivity index (χ0v) is 21.8. The van der Waals surface area contributed by atoms with Gasteiger partial charge in [0.2, 0.25) is 0 Å². The molecule has 4 atom stereocenters. The molecule has 1 spiro atoms. The Labute approximate surface area is 225 Å². The smallest absolute Gasteiger partial charge is 0.386 e. The molecule has 2 fully saturated rings. The summed E-state index contributed by atoms with van der Waals surface area (Å²) >= 11 is 11.7. The van der Waals surface area contributed by atoms with Crippen molar-refractivity contribution in [2.45, 2.75) is 35.8 Å². The number of carbonyl (C=O) groups excluding carboxylic acids is 1. The summed E-state index contributed by atoms with van der Waals surface area (Å²) < 4.78 is 82.1. The molecule has 0 amide bonds. The first-order chi connectivity index (χ1) is 17.8. The van der Waals surface area contributed by atoms with E-state index in [9.17, 15) is 30.8 Å². The fourth-order valence-electron chi connectivity index (χ4n) is 6.14. The molecular formula is C25H20Cl2F4N2O4S. The number of sulfone groups is 1. The summed E-state index contributed by atoms with van der Waals surface area (Å²) in [6.07, 6.45) is -6.19. The van der Waals surface area contributed by atoms with Crippen LogP contribution in [0.5, 0.6) is 0 Å². The number of hydrogen-bond acceptors (Lipinski definition) is 6. The van der Waals surface area contributed by atoms with Crippen LogP contribution in [0.15, 0.2) is 35.5 Å². The van der Waals surface area contributed by atoms with Crippen LogP contribution in [-0.4, -0.2) is 50.2 Å². The molecule has 1 aliphatic carbocycles. The topological polar surface area (TPSA) is 84.8 Å². The third-order valence-corrected chi connectivity index (χ3v) is 10.8. The molecule has 3 unspecified atom stereocenters. The standard InChI is InChI=1S/C25H20Cl2F4N2O4S/c26-13-7-14(20(28)17(27)8-13)23-19(25(29,30)31)21(33-37-23)11-1-2-15-12(5-11)6-16(24(15)9-32-10-24)22(34)18-3-4-38(18,35)36/h1-2,5,7-8,16,18-19,23,32H,3-4,6,9-10H2/t16?,18-,19?,23?/m1/s1. The summed E-state index contributed by atoms with van der Waals surface area (Å²) in [5, 5.41) is 5.35. The highest BCUT2D eigenvalue weighted by molar-refractivity contribution is 7.94. The lowest BCUT2D eigenvalue weighted by Gasteiger charge is -2.45. The zero-order valence-electron chi connectivity index (χ0n) is 19.5. The average molecular weight is 591 g/mol. The Morgan fingerprint density at radius 2 is 1.89 bits per heavy atom. The van der Waals surface area contributed by atoms with E-state index < -0.39 is 66.7 Å². The molecule has 2 aromatic rings. The van der Waals surface area contributed by atoms with E-state index in [0.29, 0.717) is 18.7 Å². The van der Waals surface area contributed by atoms with E-state index >= 15 is 0 Å². The molecule has 3 aliphatic heterocycles. The van der Waals surface area contributed by atoms with Gasteiger partial charge in [0.25, 0.3) is 0 Å². The van der Waals surface area contributed by atoms with Crippen molar-refractivity contribution < 1.29 is 35.6 Å². The number of oxime groups is 1. The highest BCUT2D eigenvalue weighted by Crippen LogP contribution is 2.50. The molecule has 0 saturated carbocycles. The van der Waals surface area contributed by atoms with Crippen LogP contribution in [0.4, 0.5) is 17.6 Å². The summed E-state index contributed by atoms with van der Waals surface area (Å²) in [6, 6.07) is 6.82. The van der Waals surface area contributed by atoms with Crippen LogP contribution in [0.2, 0.25) is 10.0 Å². The molecule has 0 radical (unpaired) electrons. The van der Waals surface area contributed by atoms with E-state index in [2.05, 4.69) is 10.5 Å². The molecular weight excluding hydrogens is 571 g/mol. The third kappa shape index (κ3) is 3.80. The second-order valence-corrected chi connectivity index (χ2v) is 13.4. The van der Waals surface area contributed by atoms with Crippen LogP contribution in [0.1, 0.15) is 34.8 Å². The normalized spacial score (nSPS) is 28.7. The van der Waals surface area contributed by atoms with Crippen LogP contribution in [-0.2, 0) is 31.3 Å². The fourth-order valence-corrected chi connectivity index (χ4v) is 8.02. The number of benzene rings is 2. The number of rotatable bonds is 4. The Morgan fingerprint density at radius 3 is 2.47 bits per heavy atom. The Hall–Kier alpha value is -2.21. The van der Waals surface area contributed by atoms with Crippen LogP contribution < -0.4 is 5.32 Å². The SMILES string of the molecule is O=C(C1Cc2cc(C3=NOC(c4cc(Cl)cc(Cl)c4F)C3C(F)(F)F)ccc2C12CNC2)[C@H]1CCS1(=O)=O. The maximum Gasteiger partial charge on any atom is 0.401 e.